The zero-order valence-electron chi connectivity index (χ0n) is 10.9. The van der Waals surface area contributed by atoms with Gasteiger partial charge in [-0.15, -0.1) is 11.6 Å². The van der Waals surface area contributed by atoms with Crippen molar-refractivity contribution in [2.75, 3.05) is 19.1 Å². The van der Waals surface area contributed by atoms with Crippen molar-refractivity contribution in [1.29, 1.82) is 0 Å². The van der Waals surface area contributed by atoms with E-state index in [0.717, 1.165) is 22.7 Å². The topological polar surface area (TPSA) is 12.5 Å². The molecule has 0 amide bonds. The van der Waals surface area contributed by atoms with Crippen LogP contribution in [0.3, 0.4) is 0 Å². The highest BCUT2D eigenvalue weighted by Gasteiger charge is 2.07. The summed E-state index contributed by atoms with van der Waals surface area (Å²) in [7, 11) is 3.64. The molecule has 0 aliphatic carbocycles. The second-order valence-electron chi connectivity index (χ2n) is 4.17. The molecule has 0 unspecified atom stereocenters. The molecule has 0 aliphatic heterocycles. The summed E-state index contributed by atoms with van der Waals surface area (Å²) in [6, 6.07) is 13.7. The lowest BCUT2D eigenvalue weighted by Crippen LogP contribution is -2.09. The van der Waals surface area contributed by atoms with Gasteiger partial charge in [-0.3, -0.25) is 0 Å². The Balaban J connectivity index is 2.32. The molecule has 0 saturated carbocycles. The van der Waals surface area contributed by atoms with E-state index in [1.54, 1.807) is 7.11 Å². The first-order valence-electron chi connectivity index (χ1n) is 5.88. The molecule has 19 heavy (non-hydrogen) atoms. The van der Waals surface area contributed by atoms with Crippen LogP contribution in [0.25, 0.3) is 0 Å². The van der Waals surface area contributed by atoms with Crippen LogP contribution in [0, 0.1) is 0 Å². The third-order valence-electron chi connectivity index (χ3n) is 3.01. The molecule has 0 fully saturated rings. The number of nitrogens with zero attached hydrogens (tertiary/aromatic N) is 1. The third-order valence-corrected chi connectivity index (χ3v) is 3.65. The minimum atomic E-state index is 0.419. The van der Waals surface area contributed by atoms with Gasteiger partial charge in [0.2, 0.25) is 0 Å². The SMILES string of the molecule is COc1cccc(N(C)c2ccc(CCl)c(Cl)c2)c1. The van der Waals surface area contributed by atoms with E-state index in [0.29, 0.717) is 10.9 Å². The highest BCUT2D eigenvalue weighted by Crippen LogP contribution is 2.30. The molecule has 0 atom stereocenters. The molecular formula is C15H15Cl2NO. The maximum absolute atomic E-state index is 6.18. The summed E-state index contributed by atoms with van der Waals surface area (Å²) >= 11 is 12.0. The number of hydrogen-bond acceptors (Lipinski definition) is 2. The zero-order valence-corrected chi connectivity index (χ0v) is 12.4. The maximum Gasteiger partial charge on any atom is 0.120 e. The van der Waals surface area contributed by atoms with Crippen LogP contribution >= 0.6 is 23.2 Å². The van der Waals surface area contributed by atoms with Crippen LogP contribution in [0.4, 0.5) is 11.4 Å². The number of halogens is 2. The van der Waals surface area contributed by atoms with Gasteiger partial charge in [0, 0.05) is 35.4 Å². The molecule has 100 valence electrons. The largest absolute Gasteiger partial charge is 0.497 e. The van der Waals surface area contributed by atoms with Gasteiger partial charge in [-0.2, -0.15) is 0 Å². The summed E-state index contributed by atoms with van der Waals surface area (Å²) in [6.07, 6.45) is 0. The number of hydrogen-bond donors (Lipinski definition) is 0. The predicted octanol–water partition coefficient (Wildman–Crippen LogP) is 4.86. The lowest BCUT2D eigenvalue weighted by molar-refractivity contribution is 0.415. The Morgan fingerprint density at radius 3 is 2.47 bits per heavy atom. The highest BCUT2D eigenvalue weighted by atomic mass is 35.5. The van der Waals surface area contributed by atoms with Crippen molar-refractivity contribution in [2.24, 2.45) is 0 Å². The van der Waals surface area contributed by atoms with Gasteiger partial charge in [0.25, 0.3) is 0 Å². The van der Waals surface area contributed by atoms with Gasteiger partial charge in [-0.1, -0.05) is 23.7 Å². The lowest BCUT2D eigenvalue weighted by atomic mass is 10.2. The van der Waals surface area contributed by atoms with E-state index < -0.39 is 0 Å². The lowest BCUT2D eigenvalue weighted by Gasteiger charge is -2.20. The highest BCUT2D eigenvalue weighted by molar-refractivity contribution is 6.32. The van der Waals surface area contributed by atoms with E-state index >= 15 is 0 Å². The van der Waals surface area contributed by atoms with E-state index in [9.17, 15) is 0 Å². The summed E-state index contributed by atoms with van der Waals surface area (Å²) in [5, 5.41) is 0.683. The Morgan fingerprint density at radius 2 is 1.84 bits per heavy atom. The van der Waals surface area contributed by atoms with Crippen molar-refractivity contribution in [2.45, 2.75) is 5.88 Å². The van der Waals surface area contributed by atoms with Gasteiger partial charge in [0.15, 0.2) is 0 Å². The molecule has 0 bridgehead atoms. The van der Waals surface area contributed by atoms with Crippen molar-refractivity contribution < 1.29 is 4.74 Å². The molecule has 0 N–H and O–H groups in total. The summed E-state index contributed by atoms with van der Waals surface area (Å²) in [5.74, 6) is 1.25. The third kappa shape index (κ3) is 3.14. The van der Waals surface area contributed by atoms with Gasteiger partial charge in [-0.25, -0.2) is 0 Å². The second kappa shape index (κ2) is 6.18. The number of anilines is 2. The van der Waals surface area contributed by atoms with Crippen molar-refractivity contribution >= 4 is 34.6 Å². The fraction of sp³-hybridized carbons (Fsp3) is 0.200. The van der Waals surface area contributed by atoms with E-state index in [2.05, 4.69) is 0 Å². The van der Waals surface area contributed by atoms with Crippen molar-refractivity contribution in [3.63, 3.8) is 0 Å². The Hall–Kier alpha value is -1.38. The molecule has 2 aromatic carbocycles. The molecule has 2 aromatic rings. The molecule has 2 rings (SSSR count). The molecule has 0 radical (unpaired) electrons. The van der Waals surface area contributed by atoms with Crippen molar-refractivity contribution in [3.05, 3.63) is 53.1 Å². The number of ether oxygens (including phenoxy) is 1. The normalized spacial score (nSPS) is 10.3. The van der Waals surface area contributed by atoms with Crippen LogP contribution in [0.5, 0.6) is 5.75 Å². The number of rotatable bonds is 4. The molecule has 0 aliphatic rings. The first kappa shape index (κ1) is 14.0. The van der Waals surface area contributed by atoms with Crippen LogP contribution in [-0.4, -0.2) is 14.2 Å². The average Bonchev–Trinajstić information content (AvgIpc) is 2.46. The van der Waals surface area contributed by atoms with Crippen LogP contribution in [0.15, 0.2) is 42.5 Å². The number of benzene rings is 2. The smallest absolute Gasteiger partial charge is 0.120 e. The van der Waals surface area contributed by atoms with E-state index in [1.807, 2.05) is 54.4 Å². The Morgan fingerprint density at radius 1 is 1.11 bits per heavy atom. The van der Waals surface area contributed by atoms with Gasteiger partial charge in [0.05, 0.1) is 7.11 Å². The van der Waals surface area contributed by atoms with E-state index in [4.69, 9.17) is 27.9 Å². The van der Waals surface area contributed by atoms with Crippen LogP contribution < -0.4 is 9.64 Å². The van der Waals surface area contributed by atoms with Crippen molar-refractivity contribution in [3.8, 4) is 5.75 Å². The first-order chi connectivity index (χ1) is 9.15. The molecule has 2 nitrogen and oxygen atoms in total. The predicted molar refractivity (Wildman–Crippen MR) is 82.1 cm³/mol. The van der Waals surface area contributed by atoms with Gasteiger partial charge < -0.3 is 9.64 Å². The summed E-state index contributed by atoms with van der Waals surface area (Å²) in [4.78, 5) is 2.05. The van der Waals surface area contributed by atoms with E-state index in [-0.39, 0.29) is 0 Å². The zero-order chi connectivity index (χ0) is 13.8. The molecule has 0 aromatic heterocycles. The second-order valence-corrected chi connectivity index (χ2v) is 4.84. The molecular weight excluding hydrogens is 281 g/mol. The monoisotopic (exact) mass is 295 g/mol. The fourth-order valence-electron chi connectivity index (χ4n) is 1.82. The Labute approximate surface area is 123 Å². The summed E-state index contributed by atoms with van der Waals surface area (Å²) in [6.45, 7) is 0. The number of alkyl halides is 1. The molecule has 0 heterocycles. The average molecular weight is 296 g/mol. The Kier molecular flexibility index (Phi) is 4.56. The fourth-order valence-corrected chi connectivity index (χ4v) is 2.36. The van der Waals surface area contributed by atoms with E-state index in [1.165, 1.54) is 0 Å². The summed E-state index contributed by atoms with van der Waals surface area (Å²) in [5.41, 5.74) is 2.98. The standard InChI is InChI=1S/C15H15Cl2NO/c1-18(12-4-3-5-14(8-12)19-2)13-7-6-11(10-16)15(17)9-13/h3-9H,10H2,1-2H3. The van der Waals surface area contributed by atoms with Crippen LogP contribution in [0.1, 0.15) is 5.56 Å². The van der Waals surface area contributed by atoms with Crippen LogP contribution in [-0.2, 0) is 5.88 Å². The van der Waals surface area contributed by atoms with Gasteiger partial charge in [0.1, 0.15) is 5.75 Å². The maximum atomic E-state index is 6.18. The Bertz CT molecular complexity index is 572. The van der Waals surface area contributed by atoms with Crippen LogP contribution in [0.2, 0.25) is 5.02 Å². The minimum Gasteiger partial charge on any atom is -0.497 e. The first-order valence-corrected chi connectivity index (χ1v) is 6.79. The van der Waals surface area contributed by atoms with Gasteiger partial charge >= 0.3 is 0 Å². The quantitative estimate of drug-likeness (QED) is 0.747. The number of methoxy groups -OCH3 is 1. The summed E-state index contributed by atoms with van der Waals surface area (Å²) < 4.78 is 5.23. The molecule has 4 heteroatoms. The minimum absolute atomic E-state index is 0.419. The van der Waals surface area contributed by atoms with Crippen molar-refractivity contribution in [1.82, 2.24) is 0 Å². The molecule has 0 spiro atoms. The molecule has 0 saturated heterocycles. The van der Waals surface area contributed by atoms with Gasteiger partial charge in [-0.05, 0) is 29.8 Å².